The van der Waals surface area contributed by atoms with Crippen molar-refractivity contribution in [2.75, 3.05) is 18.2 Å². The molecule has 0 aliphatic carbocycles. The summed E-state index contributed by atoms with van der Waals surface area (Å²) in [6.07, 6.45) is 3.87. The zero-order chi connectivity index (χ0) is 19.0. The molecule has 0 bridgehead atoms. The maximum absolute atomic E-state index is 11.4. The summed E-state index contributed by atoms with van der Waals surface area (Å²) in [5.74, 6) is 0.266. The number of phenolic OH excluding ortho intramolecular Hbond substituents is 1. The largest absolute Gasteiger partial charge is 0.508 e. The highest BCUT2D eigenvalue weighted by Crippen LogP contribution is 2.30. The van der Waals surface area contributed by atoms with Crippen LogP contribution in [0.1, 0.15) is 44.7 Å². The number of halogens is 1. The lowest BCUT2D eigenvalue weighted by atomic mass is 10.1. The van der Waals surface area contributed by atoms with Crippen LogP contribution in [-0.2, 0) is 4.74 Å². The maximum atomic E-state index is 11.4. The Morgan fingerprint density at radius 2 is 2.00 bits per heavy atom. The fraction of sp³-hybridized carbons (Fsp3) is 0.529. The third kappa shape index (κ3) is 7.77. The number of benzene rings is 1. The lowest BCUT2D eigenvalue weighted by Gasteiger charge is -2.23. The van der Waals surface area contributed by atoms with Gasteiger partial charge in [0.15, 0.2) is 0 Å². The van der Waals surface area contributed by atoms with E-state index in [-0.39, 0.29) is 17.4 Å². The van der Waals surface area contributed by atoms with Crippen molar-refractivity contribution in [3.8, 4) is 5.75 Å². The van der Waals surface area contributed by atoms with Crippen LogP contribution in [0.2, 0.25) is 0 Å². The van der Waals surface area contributed by atoms with Gasteiger partial charge < -0.3 is 25.2 Å². The number of aromatic hydroxyl groups is 1. The van der Waals surface area contributed by atoms with Gasteiger partial charge in [-0.1, -0.05) is 0 Å². The summed E-state index contributed by atoms with van der Waals surface area (Å²) in [7, 11) is 0. The van der Waals surface area contributed by atoms with E-state index >= 15 is 0 Å². The van der Waals surface area contributed by atoms with Gasteiger partial charge in [-0.15, -0.1) is 0 Å². The monoisotopic (exact) mass is 479 g/mol. The Kier molecular flexibility index (Phi) is 8.93. The van der Waals surface area contributed by atoms with Crippen LogP contribution in [0, 0.1) is 12.3 Å². The molecule has 0 radical (unpaired) electrons. The Balaban J connectivity index is 0.000000251. The number of ether oxygens (including phenoxy) is 1. The number of rotatable bonds is 3. The molecule has 8 heteroatoms. The number of amides is 1. The molecule has 0 aromatic heterocycles. The van der Waals surface area contributed by atoms with Crippen LogP contribution in [0.25, 0.3) is 0 Å². The molecule has 1 aromatic carbocycles. The first-order valence-electron chi connectivity index (χ1n) is 8.11. The van der Waals surface area contributed by atoms with E-state index in [1.807, 2.05) is 27.7 Å². The van der Waals surface area contributed by atoms with Gasteiger partial charge >= 0.3 is 6.09 Å². The molecule has 1 aromatic rings. The highest BCUT2D eigenvalue weighted by molar-refractivity contribution is 14.2. The Bertz CT molecular complexity index is 600. The number of aryl methyl sites for hydroxylation is 1. The van der Waals surface area contributed by atoms with E-state index in [0.717, 1.165) is 42.7 Å². The smallest absolute Gasteiger partial charge is 0.410 e. The van der Waals surface area contributed by atoms with E-state index in [1.54, 1.807) is 17.0 Å². The lowest BCUT2D eigenvalue weighted by Crippen LogP contribution is -2.34. The van der Waals surface area contributed by atoms with Gasteiger partial charge in [-0.25, -0.2) is 4.79 Å². The molecule has 1 unspecified atom stereocenters. The van der Waals surface area contributed by atoms with Crippen molar-refractivity contribution in [2.24, 2.45) is 0 Å². The molecule has 2 rings (SSSR count). The van der Waals surface area contributed by atoms with Crippen molar-refractivity contribution in [2.45, 2.75) is 46.1 Å². The van der Waals surface area contributed by atoms with Crippen molar-refractivity contribution in [1.29, 1.82) is 5.41 Å². The summed E-state index contributed by atoms with van der Waals surface area (Å²) in [5.41, 5.74) is 2.05. The molecule has 0 spiro atoms. The van der Waals surface area contributed by atoms with Crippen LogP contribution in [-0.4, -0.2) is 41.0 Å². The standard InChI is InChI=1S/C9H17NO2.C8H10IN2OP/c1-9(2,3)12-8(11)10-6-4-5-7-10;1-5-2-6(4-10)7(11-13-9)3-8(5)12/h4-7H2,1-3H3;2-4,10-13H,1H3. The molecule has 1 atom stereocenters. The predicted molar refractivity (Wildman–Crippen MR) is 114 cm³/mol. The molecule has 1 aliphatic rings. The highest BCUT2D eigenvalue weighted by Gasteiger charge is 2.23. The van der Waals surface area contributed by atoms with Crippen LogP contribution in [0.4, 0.5) is 10.5 Å². The molecule has 1 heterocycles. The number of carbonyl (C=O) groups excluding carboxylic acids is 1. The quantitative estimate of drug-likeness (QED) is 0.321. The molecule has 1 fully saturated rings. The molecule has 140 valence electrons. The summed E-state index contributed by atoms with van der Waals surface area (Å²) >= 11 is 2.20. The van der Waals surface area contributed by atoms with Crippen LogP contribution in [0.3, 0.4) is 0 Å². The van der Waals surface area contributed by atoms with Gasteiger partial charge in [0.2, 0.25) is 0 Å². The zero-order valence-electron chi connectivity index (χ0n) is 15.1. The number of nitrogens with zero attached hydrogens (tertiary/aromatic N) is 1. The molecule has 1 saturated heterocycles. The molecule has 1 aliphatic heterocycles. The minimum absolute atomic E-state index is 0.167. The van der Waals surface area contributed by atoms with Crippen LogP contribution < -0.4 is 5.09 Å². The van der Waals surface area contributed by atoms with E-state index < -0.39 is 0 Å². The van der Waals surface area contributed by atoms with Gasteiger partial charge in [0.05, 0.1) is 5.69 Å². The van der Waals surface area contributed by atoms with Gasteiger partial charge in [0, 0.05) is 37.3 Å². The van der Waals surface area contributed by atoms with E-state index in [2.05, 4.69) is 27.1 Å². The van der Waals surface area contributed by atoms with E-state index in [9.17, 15) is 9.90 Å². The normalized spacial score (nSPS) is 14.2. The van der Waals surface area contributed by atoms with Crippen molar-refractivity contribution >= 4 is 46.4 Å². The summed E-state index contributed by atoms with van der Waals surface area (Å²) < 4.78 is 5.21. The Hall–Kier alpha value is -1.08. The third-order valence-electron chi connectivity index (χ3n) is 3.46. The molecular weight excluding hydrogens is 452 g/mol. The average molecular weight is 479 g/mol. The van der Waals surface area contributed by atoms with Gasteiger partial charge in [-0.05, 0) is 74.2 Å². The fourth-order valence-corrected chi connectivity index (χ4v) is 3.41. The topological polar surface area (TPSA) is 85.7 Å². The molecule has 25 heavy (non-hydrogen) atoms. The first kappa shape index (κ1) is 22.0. The third-order valence-corrected chi connectivity index (χ3v) is 4.64. The van der Waals surface area contributed by atoms with Gasteiger partial charge in [0.1, 0.15) is 11.4 Å². The minimum Gasteiger partial charge on any atom is -0.508 e. The molecule has 0 saturated carbocycles. The zero-order valence-corrected chi connectivity index (χ0v) is 18.3. The van der Waals surface area contributed by atoms with Crippen molar-refractivity contribution in [1.82, 2.24) is 4.90 Å². The number of hydrogen-bond donors (Lipinski definition) is 3. The maximum Gasteiger partial charge on any atom is 0.410 e. The van der Waals surface area contributed by atoms with Crippen LogP contribution >= 0.6 is 28.4 Å². The number of phenols is 1. The number of hydrogen-bond acceptors (Lipinski definition) is 5. The number of carbonyl (C=O) groups is 1. The first-order chi connectivity index (χ1) is 11.7. The second-order valence-corrected chi connectivity index (χ2v) is 8.82. The van der Waals surface area contributed by atoms with Crippen molar-refractivity contribution in [3.63, 3.8) is 0 Å². The fourth-order valence-electron chi connectivity index (χ4n) is 2.22. The van der Waals surface area contributed by atoms with E-state index in [1.165, 1.54) is 6.21 Å². The van der Waals surface area contributed by atoms with Gasteiger partial charge in [0.25, 0.3) is 0 Å². The van der Waals surface area contributed by atoms with Crippen molar-refractivity contribution in [3.05, 3.63) is 23.3 Å². The predicted octanol–water partition coefficient (Wildman–Crippen LogP) is 5.07. The summed E-state index contributed by atoms with van der Waals surface area (Å²) in [6, 6.07) is 3.45. The first-order valence-corrected chi connectivity index (χ1v) is 12.2. The van der Waals surface area contributed by atoms with Gasteiger partial charge in [-0.2, -0.15) is 0 Å². The minimum atomic E-state index is -0.361. The summed E-state index contributed by atoms with van der Waals surface area (Å²) in [4.78, 5) is 13.1. The Morgan fingerprint density at radius 3 is 2.48 bits per heavy atom. The Morgan fingerprint density at radius 1 is 1.40 bits per heavy atom. The summed E-state index contributed by atoms with van der Waals surface area (Å²) in [5, 5.41) is 19.7. The average Bonchev–Trinajstić information content (AvgIpc) is 3.04. The molecule has 6 nitrogen and oxygen atoms in total. The van der Waals surface area contributed by atoms with Gasteiger partial charge in [-0.3, -0.25) is 0 Å². The number of nitrogens with one attached hydrogen (secondary N) is 2. The highest BCUT2D eigenvalue weighted by atomic mass is 127. The van der Waals surface area contributed by atoms with E-state index in [0.29, 0.717) is 6.37 Å². The second-order valence-electron chi connectivity index (χ2n) is 6.76. The van der Waals surface area contributed by atoms with Crippen LogP contribution in [0.5, 0.6) is 5.75 Å². The Labute approximate surface area is 164 Å². The van der Waals surface area contributed by atoms with Crippen molar-refractivity contribution < 1.29 is 14.6 Å². The molecule has 3 N–H and O–H groups in total. The lowest BCUT2D eigenvalue weighted by molar-refractivity contribution is 0.0295. The number of anilines is 1. The van der Waals surface area contributed by atoms with Crippen LogP contribution in [0.15, 0.2) is 12.1 Å². The molecular formula is C17H27IN3O3P. The SMILES string of the molecule is CC(C)(C)OC(=O)N1CCCC1.Cc1cc(C=N)c(NPI)cc1O. The second kappa shape index (κ2) is 10.2. The molecule has 1 amide bonds. The van der Waals surface area contributed by atoms with E-state index in [4.69, 9.17) is 10.1 Å². The summed E-state index contributed by atoms with van der Waals surface area (Å²) in [6.45, 7) is 9.20. The number of likely N-dealkylation sites (tertiary alicyclic amines) is 1.